The maximum atomic E-state index is 12.5. The average molecular weight is 569 g/mol. The van der Waals surface area contributed by atoms with Gasteiger partial charge in [0, 0.05) is 36.0 Å². The largest absolute Gasteiger partial charge is 0.504 e. The molecule has 0 saturated carbocycles. The third kappa shape index (κ3) is 5.70. The molecule has 1 aromatic carbocycles. The first-order chi connectivity index (χ1) is 15.7. The molecule has 3 rings (SSSR count). The number of ether oxygens (including phenoxy) is 1. The van der Waals surface area contributed by atoms with E-state index in [1.807, 2.05) is 18.9 Å². The van der Waals surface area contributed by atoms with Gasteiger partial charge in [0.25, 0.3) is 0 Å². The van der Waals surface area contributed by atoms with E-state index < -0.39 is 11.3 Å². The first-order valence-electron chi connectivity index (χ1n) is 10.4. The number of carbonyl (C=O) groups is 2. The number of amides is 1. The maximum absolute atomic E-state index is 12.5. The molecule has 0 atom stereocenters. The van der Waals surface area contributed by atoms with Crippen molar-refractivity contribution in [3.63, 3.8) is 0 Å². The van der Waals surface area contributed by atoms with Gasteiger partial charge in [0.1, 0.15) is 5.56 Å². The Morgan fingerprint density at radius 3 is 2.67 bits per heavy atom. The van der Waals surface area contributed by atoms with Crippen molar-refractivity contribution in [2.45, 2.75) is 39.7 Å². The van der Waals surface area contributed by atoms with Crippen molar-refractivity contribution in [3.05, 3.63) is 50.7 Å². The molecule has 1 aliphatic heterocycles. The summed E-state index contributed by atoms with van der Waals surface area (Å²) in [6, 6.07) is 4.53. The minimum absolute atomic E-state index is 0.0913. The average Bonchev–Trinajstić information content (AvgIpc) is 2.78. The second-order valence-electron chi connectivity index (χ2n) is 8.15. The number of hydrogen-bond donors (Lipinski definition) is 1. The van der Waals surface area contributed by atoms with Gasteiger partial charge in [-0.1, -0.05) is 13.8 Å². The van der Waals surface area contributed by atoms with Crippen LogP contribution in [0.5, 0.6) is 11.5 Å². The third-order valence-electron chi connectivity index (χ3n) is 5.16. The van der Waals surface area contributed by atoms with Crippen molar-refractivity contribution < 1.29 is 22.5 Å². The smallest absolute Gasteiger partial charge is 0.322 e. The van der Waals surface area contributed by atoms with Gasteiger partial charge in [-0.05, 0) is 36.5 Å². The van der Waals surface area contributed by atoms with Gasteiger partial charge in [-0.25, -0.2) is 0 Å². The van der Waals surface area contributed by atoms with Crippen molar-refractivity contribution in [1.29, 1.82) is 0 Å². The SMILES string of the molecule is CC(C)CN1Cc2cc(OCCCCC(=O)OI)c(O)cc2-c2cc(=O)c(C(=O)N=O)cn21. The van der Waals surface area contributed by atoms with Crippen molar-refractivity contribution in [2.75, 3.05) is 18.2 Å². The number of nitrogens with zero attached hydrogens (tertiary/aromatic N) is 3. The van der Waals surface area contributed by atoms with Crippen molar-refractivity contribution >= 4 is 34.9 Å². The topological polar surface area (TPSA) is 128 Å². The van der Waals surface area contributed by atoms with Crippen molar-refractivity contribution in [3.8, 4) is 22.8 Å². The van der Waals surface area contributed by atoms with E-state index in [4.69, 9.17) is 4.74 Å². The Morgan fingerprint density at radius 2 is 2.00 bits per heavy atom. The summed E-state index contributed by atoms with van der Waals surface area (Å²) in [6.07, 6.45) is 2.83. The molecular weight excluding hydrogens is 545 g/mol. The van der Waals surface area contributed by atoms with Crippen LogP contribution in [0.2, 0.25) is 0 Å². The quantitative estimate of drug-likeness (QED) is 0.275. The molecule has 0 spiro atoms. The highest BCUT2D eigenvalue weighted by molar-refractivity contribution is 14.1. The van der Waals surface area contributed by atoms with Crippen LogP contribution in [-0.2, 0) is 14.4 Å². The standard InChI is InChI=1S/C22H24IN3O7/c1-13(2)10-25-11-14-7-20(32-6-4-3-5-21(29)33-23)19(28)8-15(14)17-9-18(27)16(12-26(17)25)22(30)24-31/h7-9,12-13,28H,3-6,10-11H2,1-2H3. The summed E-state index contributed by atoms with van der Waals surface area (Å²) in [6.45, 7) is 5.44. The summed E-state index contributed by atoms with van der Waals surface area (Å²) in [5.74, 6) is -0.928. The van der Waals surface area contributed by atoms with Gasteiger partial charge in [-0.2, -0.15) is 0 Å². The fourth-order valence-electron chi connectivity index (χ4n) is 3.70. The summed E-state index contributed by atoms with van der Waals surface area (Å²) >= 11 is 1.55. The van der Waals surface area contributed by atoms with Crippen LogP contribution in [0.3, 0.4) is 0 Å². The fourth-order valence-corrected chi connectivity index (χ4v) is 3.92. The minimum atomic E-state index is -1.12. The summed E-state index contributed by atoms with van der Waals surface area (Å²) in [5.41, 5.74) is 1.03. The van der Waals surface area contributed by atoms with Gasteiger partial charge >= 0.3 is 11.9 Å². The summed E-state index contributed by atoms with van der Waals surface area (Å²) in [5, 5.41) is 14.8. The molecule has 0 fully saturated rings. The molecule has 0 unspecified atom stereocenters. The lowest BCUT2D eigenvalue weighted by atomic mass is 9.99. The number of nitroso groups, excluding NO2 is 1. The zero-order chi connectivity index (χ0) is 24.1. The monoisotopic (exact) mass is 569 g/mol. The van der Waals surface area contributed by atoms with Crippen LogP contribution in [-0.4, -0.2) is 34.8 Å². The molecule has 10 nitrogen and oxygen atoms in total. The lowest BCUT2D eigenvalue weighted by Crippen LogP contribution is -2.41. The number of phenolic OH excluding ortho intramolecular Hbond substituents is 1. The molecule has 176 valence electrons. The Morgan fingerprint density at radius 1 is 1.24 bits per heavy atom. The highest BCUT2D eigenvalue weighted by atomic mass is 127. The number of rotatable bonds is 9. The van der Waals surface area contributed by atoms with Crippen LogP contribution in [0.25, 0.3) is 11.3 Å². The number of unbranched alkanes of at least 4 members (excludes halogenated alkanes) is 1. The van der Waals surface area contributed by atoms with E-state index in [2.05, 4.69) is 8.24 Å². The Bertz CT molecular complexity index is 1130. The molecule has 0 bridgehead atoms. The summed E-state index contributed by atoms with van der Waals surface area (Å²) in [7, 11) is 0. The van der Waals surface area contributed by atoms with Gasteiger partial charge in [-0.15, -0.1) is 4.91 Å². The Kier molecular flexibility index (Phi) is 8.06. The van der Waals surface area contributed by atoms with Gasteiger partial charge in [0.05, 0.1) is 18.8 Å². The number of pyridine rings is 1. The molecule has 0 aliphatic carbocycles. The fraction of sp³-hybridized carbons (Fsp3) is 0.409. The van der Waals surface area contributed by atoms with E-state index in [1.54, 1.807) is 33.7 Å². The van der Waals surface area contributed by atoms with E-state index in [9.17, 15) is 24.4 Å². The Labute approximate surface area is 204 Å². The Hall–Kier alpha value is -2.96. The molecule has 2 aromatic rings. The number of hydrogen-bond acceptors (Lipinski definition) is 8. The van der Waals surface area contributed by atoms with Crippen LogP contribution >= 0.6 is 23.0 Å². The van der Waals surface area contributed by atoms with Gasteiger partial charge in [0.15, 0.2) is 39.9 Å². The van der Waals surface area contributed by atoms with Crippen LogP contribution in [0, 0.1) is 10.8 Å². The van der Waals surface area contributed by atoms with E-state index in [0.29, 0.717) is 56.0 Å². The highest BCUT2D eigenvalue weighted by Gasteiger charge is 2.26. The summed E-state index contributed by atoms with van der Waals surface area (Å²) in [4.78, 5) is 46.2. The first-order valence-corrected chi connectivity index (χ1v) is 11.3. The lowest BCUT2D eigenvalue weighted by Gasteiger charge is -2.36. The van der Waals surface area contributed by atoms with E-state index >= 15 is 0 Å². The number of carbonyl (C=O) groups excluding carboxylic acids is 2. The van der Waals surface area contributed by atoms with Crippen molar-refractivity contribution in [1.82, 2.24) is 4.68 Å². The molecule has 2 heterocycles. The third-order valence-corrected chi connectivity index (χ3v) is 5.65. The molecule has 1 aromatic heterocycles. The summed E-state index contributed by atoms with van der Waals surface area (Å²) < 4.78 is 12.0. The van der Waals surface area contributed by atoms with Crippen molar-refractivity contribution in [2.24, 2.45) is 11.1 Å². The zero-order valence-corrected chi connectivity index (χ0v) is 20.4. The van der Waals surface area contributed by atoms with Crippen LogP contribution < -0.4 is 15.2 Å². The number of phenols is 1. The van der Waals surface area contributed by atoms with Crippen LogP contribution in [0.1, 0.15) is 49.0 Å². The van der Waals surface area contributed by atoms with E-state index in [-0.39, 0.29) is 23.2 Å². The number of aromatic hydroxyl groups is 1. The van der Waals surface area contributed by atoms with E-state index in [1.165, 1.54) is 18.3 Å². The van der Waals surface area contributed by atoms with Crippen LogP contribution in [0.15, 0.2) is 34.4 Å². The number of benzene rings is 1. The first kappa shape index (κ1) is 24.7. The van der Waals surface area contributed by atoms with Crippen LogP contribution in [0.4, 0.5) is 0 Å². The predicted molar refractivity (Wildman–Crippen MR) is 129 cm³/mol. The molecule has 1 amide bonds. The zero-order valence-electron chi connectivity index (χ0n) is 18.2. The normalized spacial score (nSPS) is 12.2. The molecule has 1 aliphatic rings. The van der Waals surface area contributed by atoms with Gasteiger partial charge < -0.3 is 17.9 Å². The molecular formula is C22H24IN3O7. The molecule has 33 heavy (non-hydrogen) atoms. The van der Waals surface area contributed by atoms with Gasteiger partial charge in [0.2, 0.25) is 0 Å². The second-order valence-corrected chi connectivity index (χ2v) is 8.59. The molecule has 0 saturated heterocycles. The number of aromatic nitrogens is 1. The predicted octanol–water partition coefficient (Wildman–Crippen LogP) is 3.68. The van der Waals surface area contributed by atoms with Gasteiger partial charge in [-0.3, -0.25) is 19.1 Å². The molecule has 0 radical (unpaired) electrons. The molecule has 1 N–H and O–H groups in total. The maximum Gasteiger partial charge on any atom is 0.322 e. The van der Waals surface area contributed by atoms with E-state index in [0.717, 1.165) is 5.56 Å². The Balaban J connectivity index is 1.92. The number of fused-ring (bicyclic) bond motifs is 3. The number of halogens is 1. The highest BCUT2D eigenvalue weighted by Crippen LogP contribution is 2.38. The molecule has 11 heteroatoms. The second kappa shape index (κ2) is 10.8. The lowest BCUT2D eigenvalue weighted by molar-refractivity contribution is -0.131. The minimum Gasteiger partial charge on any atom is -0.504 e.